The molecule has 1 N–H and O–H groups in total. The number of carbonyl (C=O) groups is 1. The number of cyclic esters (lactones) is 1. The second-order valence-corrected chi connectivity index (χ2v) is 4.93. The fraction of sp³-hybridized carbons (Fsp3) is 0.615. The van der Waals surface area contributed by atoms with Gasteiger partial charge in [0.15, 0.2) is 0 Å². The highest BCUT2D eigenvalue weighted by molar-refractivity contribution is 5.79. The lowest BCUT2D eigenvalue weighted by Gasteiger charge is -2.15. The summed E-state index contributed by atoms with van der Waals surface area (Å²) in [6.45, 7) is 5.81. The molecular formula is C13H17F2NO3. The number of nitrogens with one attached hydrogen (secondary N) is 1. The van der Waals surface area contributed by atoms with Crippen molar-refractivity contribution in [2.24, 2.45) is 0 Å². The van der Waals surface area contributed by atoms with E-state index < -0.39 is 24.4 Å². The van der Waals surface area contributed by atoms with Gasteiger partial charge in [0, 0.05) is 18.2 Å². The molecule has 19 heavy (non-hydrogen) atoms. The summed E-state index contributed by atoms with van der Waals surface area (Å²) in [6, 6.07) is 1.85. The molecule has 0 amide bonds. The highest BCUT2D eigenvalue weighted by Gasteiger charge is 2.50. The van der Waals surface area contributed by atoms with Crippen LogP contribution < -0.4 is 5.32 Å². The van der Waals surface area contributed by atoms with Crippen LogP contribution in [0.15, 0.2) is 10.5 Å². The fourth-order valence-corrected chi connectivity index (χ4v) is 2.26. The molecule has 4 nitrogen and oxygen atoms in total. The van der Waals surface area contributed by atoms with Gasteiger partial charge in [-0.15, -0.1) is 0 Å². The Balaban J connectivity index is 1.90. The van der Waals surface area contributed by atoms with Crippen molar-refractivity contribution in [3.63, 3.8) is 0 Å². The van der Waals surface area contributed by atoms with E-state index in [1.165, 1.54) is 0 Å². The number of hydrogen-bond donors (Lipinski definition) is 1. The van der Waals surface area contributed by atoms with Gasteiger partial charge in [0.25, 0.3) is 0 Å². The van der Waals surface area contributed by atoms with Crippen molar-refractivity contribution >= 4 is 5.97 Å². The third-order valence-electron chi connectivity index (χ3n) is 3.25. The second kappa shape index (κ2) is 4.92. The average Bonchev–Trinajstić information content (AvgIpc) is 2.76. The summed E-state index contributed by atoms with van der Waals surface area (Å²) in [5.41, 5.74) is 0.980. The first-order valence-electron chi connectivity index (χ1n) is 6.19. The molecule has 0 radical (unpaired) electrons. The molecule has 1 aliphatic rings. The molecule has 0 aromatic carbocycles. The van der Waals surface area contributed by atoms with E-state index in [1.54, 1.807) is 0 Å². The lowest BCUT2D eigenvalue weighted by atomic mass is 10.1. The van der Waals surface area contributed by atoms with E-state index in [4.69, 9.17) is 4.42 Å². The van der Waals surface area contributed by atoms with Gasteiger partial charge in [-0.2, -0.15) is 8.78 Å². The average molecular weight is 273 g/mol. The maximum atomic E-state index is 13.0. The van der Waals surface area contributed by atoms with Gasteiger partial charge in [0.2, 0.25) is 0 Å². The van der Waals surface area contributed by atoms with E-state index in [0.717, 1.165) is 17.1 Å². The molecule has 0 bridgehead atoms. The first-order chi connectivity index (χ1) is 8.79. The van der Waals surface area contributed by atoms with E-state index in [2.05, 4.69) is 10.1 Å². The van der Waals surface area contributed by atoms with Crippen molar-refractivity contribution < 1.29 is 22.7 Å². The summed E-state index contributed by atoms with van der Waals surface area (Å²) in [5.74, 6) is -3.17. The first-order valence-corrected chi connectivity index (χ1v) is 6.19. The van der Waals surface area contributed by atoms with Crippen LogP contribution in [0.25, 0.3) is 0 Å². The van der Waals surface area contributed by atoms with Gasteiger partial charge >= 0.3 is 11.9 Å². The van der Waals surface area contributed by atoms with Crippen molar-refractivity contribution in [2.45, 2.75) is 45.3 Å². The molecule has 2 unspecified atom stereocenters. The molecule has 0 spiro atoms. The van der Waals surface area contributed by atoms with Crippen LogP contribution in [0.4, 0.5) is 8.78 Å². The molecule has 106 valence electrons. The maximum absolute atomic E-state index is 13.0. The number of alkyl halides is 2. The monoisotopic (exact) mass is 273 g/mol. The SMILES string of the molecule is Cc1cc(C(C)NCC2CC(F)(F)C(=O)O2)c(C)o1. The van der Waals surface area contributed by atoms with E-state index in [-0.39, 0.29) is 12.6 Å². The van der Waals surface area contributed by atoms with Crippen LogP contribution in [0.1, 0.15) is 36.5 Å². The summed E-state index contributed by atoms with van der Waals surface area (Å²) in [5, 5.41) is 3.08. The molecule has 2 atom stereocenters. The van der Waals surface area contributed by atoms with Crippen molar-refractivity contribution in [3.8, 4) is 0 Å². The predicted molar refractivity (Wildman–Crippen MR) is 64.0 cm³/mol. The number of halogens is 2. The van der Waals surface area contributed by atoms with Gasteiger partial charge in [-0.1, -0.05) is 0 Å². The van der Waals surface area contributed by atoms with Crippen LogP contribution in [0.2, 0.25) is 0 Å². The number of furan rings is 1. The lowest BCUT2D eigenvalue weighted by molar-refractivity contribution is -0.159. The number of rotatable bonds is 4. The van der Waals surface area contributed by atoms with Crippen LogP contribution in [0, 0.1) is 13.8 Å². The molecule has 1 aromatic rings. The smallest absolute Gasteiger partial charge is 0.377 e. The molecule has 1 saturated heterocycles. The highest BCUT2D eigenvalue weighted by atomic mass is 19.3. The summed E-state index contributed by atoms with van der Waals surface area (Å²) in [6.07, 6.45) is -1.34. The summed E-state index contributed by atoms with van der Waals surface area (Å²) >= 11 is 0. The van der Waals surface area contributed by atoms with Crippen LogP contribution in [-0.4, -0.2) is 24.5 Å². The fourth-order valence-electron chi connectivity index (χ4n) is 2.26. The van der Waals surface area contributed by atoms with Crippen molar-refractivity contribution in [2.75, 3.05) is 6.54 Å². The summed E-state index contributed by atoms with van der Waals surface area (Å²) < 4.78 is 36.0. The van der Waals surface area contributed by atoms with E-state index >= 15 is 0 Å². The van der Waals surface area contributed by atoms with Crippen LogP contribution >= 0.6 is 0 Å². The third kappa shape index (κ3) is 2.94. The minimum absolute atomic E-state index is 0.0506. The third-order valence-corrected chi connectivity index (χ3v) is 3.25. The van der Waals surface area contributed by atoms with Gasteiger partial charge in [-0.05, 0) is 26.8 Å². The Kier molecular flexibility index (Phi) is 3.62. The number of aryl methyl sites for hydroxylation is 2. The largest absolute Gasteiger partial charge is 0.466 e. The predicted octanol–water partition coefficient (Wildman–Crippen LogP) is 2.50. The van der Waals surface area contributed by atoms with Gasteiger partial charge < -0.3 is 14.5 Å². The molecule has 1 fully saturated rings. The standard InChI is InChI=1S/C13H17F2NO3/c1-7-4-11(9(3)18-7)8(2)16-6-10-5-13(14,15)12(17)19-10/h4,8,10,16H,5-6H2,1-3H3. The molecule has 2 heterocycles. The van der Waals surface area contributed by atoms with Gasteiger partial charge in [0.1, 0.15) is 17.6 Å². The number of carbonyl (C=O) groups excluding carboxylic acids is 1. The van der Waals surface area contributed by atoms with Crippen LogP contribution in [0.3, 0.4) is 0 Å². The van der Waals surface area contributed by atoms with E-state index in [1.807, 2.05) is 26.8 Å². The first kappa shape index (κ1) is 14.0. The zero-order valence-electron chi connectivity index (χ0n) is 11.1. The molecule has 0 saturated carbocycles. The topological polar surface area (TPSA) is 51.5 Å². The molecule has 2 rings (SSSR count). The Morgan fingerprint density at radius 1 is 1.53 bits per heavy atom. The number of hydrogen-bond acceptors (Lipinski definition) is 4. The van der Waals surface area contributed by atoms with Crippen LogP contribution in [-0.2, 0) is 9.53 Å². The minimum atomic E-state index is -3.35. The summed E-state index contributed by atoms with van der Waals surface area (Å²) in [7, 11) is 0. The normalized spacial score (nSPS) is 23.4. The van der Waals surface area contributed by atoms with Crippen molar-refractivity contribution in [1.82, 2.24) is 5.32 Å². The molecule has 6 heteroatoms. The number of esters is 1. The number of ether oxygens (including phenoxy) is 1. The molecule has 1 aromatic heterocycles. The Bertz CT molecular complexity index is 484. The van der Waals surface area contributed by atoms with Gasteiger partial charge in [-0.3, -0.25) is 0 Å². The zero-order chi connectivity index (χ0) is 14.2. The minimum Gasteiger partial charge on any atom is -0.466 e. The molecule has 1 aliphatic heterocycles. The van der Waals surface area contributed by atoms with E-state index in [9.17, 15) is 13.6 Å². The highest BCUT2D eigenvalue weighted by Crippen LogP contribution is 2.31. The van der Waals surface area contributed by atoms with Crippen molar-refractivity contribution in [1.29, 1.82) is 0 Å². The zero-order valence-corrected chi connectivity index (χ0v) is 11.1. The van der Waals surface area contributed by atoms with Gasteiger partial charge in [0.05, 0.1) is 6.42 Å². The Morgan fingerprint density at radius 2 is 2.21 bits per heavy atom. The quantitative estimate of drug-likeness (QED) is 0.856. The second-order valence-electron chi connectivity index (χ2n) is 4.93. The summed E-state index contributed by atoms with van der Waals surface area (Å²) in [4.78, 5) is 10.9. The van der Waals surface area contributed by atoms with Crippen molar-refractivity contribution in [3.05, 3.63) is 23.2 Å². The lowest BCUT2D eigenvalue weighted by Crippen LogP contribution is -2.29. The Labute approximate surface area is 110 Å². The van der Waals surface area contributed by atoms with Crippen LogP contribution in [0.5, 0.6) is 0 Å². The molecule has 0 aliphatic carbocycles. The van der Waals surface area contributed by atoms with E-state index in [0.29, 0.717) is 0 Å². The Hall–Kier alpha value is -1.43. The molecular weight excluding hydrogens is 256 g/mol. The maximum Gasteiger partial charge on any atom is 0.377 e. The van der Waals surface area contributed by atoms with Gasteiger partial charge in [-0.25, -0.2) is 4.79 Å². The Morgan fingerprint density at radius 3 is 2.68 bits per heavy atom.